The summed E-state index contributed by atoms with van der Waals surface area (Å²) < 4.78 is 5.25. The minimum Gasteiger partial charge on any atom is -0.496 e. The van der Waals surface area contributed by atoms with Crippen LogP contribution in [0.15, 0.2) is 48.5 Å². The van der Waals surface area contributed by atoms with E-state index in [-0.39, 0.29) is 17.9 Å². The minimum absolute atomic E-state index is 0.0777. The van der Waals surface area contributed by atoms with Gasteiger partial charge in [0.15, 0.2) is 0 Å². The summed E-state index contributed by atoms with van der Waals surface area (Å²) in [5.74, 6) is -0.858. The Bertz CT molecular complexity index is 1040. The Morgan fingerprint density at radius 3 is 2.12 bits per heavy atom. The summed E-state index contributed by atoms with van der Waals surface area (Å²) in [5, 5.41) is 3.00. The van der Waals surface area contributed by atoms with Crippen molar-refractivity contribution in [3.05, 3.63) is 65.2 Å². The number of hydrogen-bond donors (Lipinski definition) is 1. The van der Waals surface area contributed by atoms with Crippen molar-refractivity contribution < 1.29 is 23.9 Å². The average Bonchev–Trinajstić information content (AvgIpc) is 3.08. The number of amides is 4. The molecule has 0 bridgehead atoms. The molecule has 1 N–H and O–H groups in total. The molecule has 0 aromatic heterocycles. The fourth-order valence-corrected chi connectivity index (χ4v) is 4.27. The molecule has 2 aromatic rings. The number of rotatable bonds is 5. The SMILES string of the molecule is COc1ccccc1C(=O)NC1CCN(C(=O)C(C)N2C(=O)c3ccccc3C2=O)CC1. The van der Waals surface area contributed by atoms with Crippen molar-refractivity contribution in [3.8, 4) is 5.75 Å². The van der Waals surface area contributed by atoms with Crippen molar-refractivity contribution in [2.75, 3.05) is 20.2 Å². The molecule has 8 heteroatoms. The summed E-state index contributed by atoms with van der Waals surface area (Å²) in [4.78, 5) is 53.7. The molecule has 2 aliphatic heterocycles. The van der Waals surface area contributed by atoms with E-state index in [0.717, 1.165) is 4.90 Å². The van der Waals surface area contributed by atoms with Gasteiger partial charge in [0, 0.05) is 19.1 Å². The van der Waals surface area contributed by atoms with Gasteiger partial charge in [0.1, 0.15) is 11.8 Å². The highest BCUT2D eigenvalue weighted by Gasteiger charge is 2.42. The van der Waals surface area contributed by atoms with E-state index < -0.39 is 17.9 Å². The zero-order chi connectivity index (χ0) is 22.8. The normalized spacial score (nSPS) is 17.2. The molecule has 4 rings (SSSR count). The third-order valence-corrected chi connectivity index (χ3v) is 6.06. The molecule has 0 aliphatic carbocycles. The fraction of sp³-hybridized carbons (Fsp3) is 0.333. The molecule has 0 radical (unpaired) electrons. The van der Waals surface area contributed by atoms with Gasteiger partial charge in [-0.2, -0.15) is 0 Å². The van der Waals surface area contributed by atoms with Crippen LogP contribution in [0.2, 0.25) is 0 Å². The Kier molecular flexibility index (Phi) is 5.94. The number of nitrogens with one attached hydrogen (secondary N) is 1. The van der Waals surface area contributed by atoms with Gasteiger partial charge < -0.3 is 15.0 Å². The van der Waals surface area contributed by atoms with Gasteiger partial charge in [-0.15, -0.1) is 0 Å². The first-order valence-corrected chi connectivity index (χ1v) is 10.6. The van der Waals surface area contributed by atoms with Gasteiger partial charge in [-0.05, 0) is 44.0 Å². The average molecular weight is 435 g/mol. The first-order valence-electron chi connectivity index (χ1n) is 10.6. The largest absolute Gasteiger partial charge is 0.496 e. The van der Waals surface area contributed by atoms with Crippen LogP contribution in [0.1, 0.15) is 50.8 Å². The Morgan fingerprint density at radius 2 is 1.53 bits per heavy atom. The van der Waals surface area contributed by atoms with Crippen molar-refractivity contribution in [2.24, 2.45) is 0 Å². The number of fused-ring (bicyclic) bond motifs is 1. The number of hydrogen-bond acceptors (Lipinski definition) is 5. The van der Waals surface area contributed by atoms with Gasteiger partial charge in [0.25, 0.3) is 17.7 Å². The molecular formula is C24H25N3O5. The van der Waals surface area contributed by atoms with E-state index in [9.17, 15) is 19.2 Å². The quantitative estimate of drug-likeness (QED) is 0.726. The van der Waals surface area contributed by atoms with Crippen LogP contribution in [0, 0.1) is 0 Å². The smallest absolute Gasteiger partial charge is 0.262 e. The maximum absolute atomic E-state index is 13.0. The molecule has 1 unspecified atom stereocenters. The zero-order valence-corrected chi connectivity index (χ0v) is 18.0. The monoisotopic (exact) mass is 435 g/mol. The number of piperidine rings is 1. The molecular weight excluding hydrogens is 410 g/mol. The number of carbonyl (C=O) groups is 4. The Balaban J connectivity index is 1.35. The van der Waals surface area contributed by atoms with Gasteiger partial charge >= 0.3 is 0 Å². The van der Waals surface area contributed by atoms with E-state index in [1.54, 1.807) is 60.4 Å². The standard InChI is InChI=1S/C24H25N3O5/c1-15(27-23(30)17-7-3-4-8-18(17)24(27)31)22(29)26-13-11-16(12-14-26)25-21(28)19-9-5-6-10-20(19)32-2/h3-10,15-16H,11-14H2,1-2H3,(H,25,28). The Labute approximate surface area is 186 Å². The molecule has 2 heterocycles. The first-order chi connectivity index (χ1) is 15.4. The highest BCUT2D eigenvalue weighted by atomic mass is 16.5. The second-order valence-electron chi connectivity index (χ2n) is 7.98. The first kappa shape index (κ1) is 21.5. The molecule has 2 aliphatic rings. The third kappa shape index (κ3) is 3.84. The molecule has 8 nitrogen and oxygen atoms in total. The van der Waals surface area contributed by atoms with Crippen LogP contribution in [-0.4, -0.2) is 65.7 Å². The Morgan fingerprint density at radius 1 is 0.969 bits per heavy atom. The van der Waals surface area contributed by atoms with Crippen LogP contribution in [0.25, 0.3) is 0 Å². The number of likely N-dealkylation sites (tertiary alicyclic amines) is 1. The van der Waals surface area contributed by atoms with Crippen LogP contribution >= 0.6 is 0 Å². The van der Waals surface area contributed by atoms with E-state index in [4.69, 9.17) is 4.74 Å². The van der Waals surface area contributed by atoms with Crippen molar-refractivity contribution in [1.82, 2.24) is 15.1 Å². The third-order valence-electron chi connectivity index (χ3n) is 6.06. The highest BCUT2D eigenvalue weighted by Crippen LogP contribution is 2.26. The molecule has 1 fully saturated rings. The maximum Gasteiger partial charge on any atom is 0.262 e. The van der Waals surface area contributed by atoms with Crippen molar-refractivity contribution in [3.63, 3.8) is 0 Å². The van der Waals surface area contributed by atoms with Crippen LogP contribution in [0.3, 0.4) is 0 Å². The number of benzene rings is 2. The van der Waals surface area contributed by atoms with Crippen molar-refractivity contribution >= 4 is 23.6 Å². The van der Waals surface area contributed by atoms with E-state index >= 15 is 0 Å². The van der Waals surface area contributed by atoms with Crippen LogP contribution < -0.4 is 10.1 Å². The predicted octanol–water partition coefficient (Wildman–Crippen LogP) is 2.10. The highest BCUT2D eigenvalue weighted by molar-refractivity contribution is 6.22. The molecule has 2 aromatic carbocycles. The topological polar surface area (TPSA) is 96.0 Å². The molecule has 1 saturated heterocycles. The van der Waals surface area contributed by atoms with E-state index in [1.807, 2.05) is 0 Å². The number of para-hydroxylation sites is 1. The van der Waals surface area contributed by atoms with E-state index in [1.165, 1.54) is 7.11 Å². The summed E-state index contributed by atoms with van der Waals surface area (Å²) in [5.41, 5.74) is 1.12. The molecule has 32 heavy (non-hydrogen) atoms. The van der Waals surface area contributed by atoms with Gasteiger partial charge in [0.05, 0.1) is 23.8 Å². The lowest BCUT2D eigenvalue weighted by Gasteiger charge is -2.35. The van der Waals surface area contributed by atoms with Gasteiger partial charge in [-0.1, -0.05) is 24.3 Å². The predicted molar refractivity (Wildman–Crippen MR) is 116 cm³/mol. The molecule has 1 atom stereocenters. The van der Waals surface area contributed by atoms with Gasteiger partial charge in [-0.3, -0.25) is 24.1 Å². The minimum atomic E-state index is -0.887. The second-order valence-corrected chi connectivity index (χ2v) is 7.98. The number of methoxy groups -OCH3 is 1. The summed E-state index contributed by atoms with van der Waals surface area (Å²) in [7, 11) is 1.52. The summed E-state index contributed by atoms with van der Waals surface area (Å²) in [6.07, 6.45) is 1.17. The van der Waals surface area contributed by atoms with Crippen molar-refractivity contribution in [1.29, 1.82) is 0 Å². The van der Waals surface area contributed by atoms with Gasteiger partial charge in [0.2, 0.25) is 5.91 Å². The molecule has 0 spiro atoms. The lowest BCUT2D eigenvalue weighted by Crippen LogP contribution is -2.53. The van der Waals surface area contributed by atoms with Gasteiger partial charge in [-0.25, -0.2) is 0 Å². The second kappa shape index (κ2) is 8.82. The van der Waals surface area contributed by atoms with Crippen LogP contribution in [0.5, 0.6) is 5.75 Å². The van der Waals surface area contributed by atoms with Crippen LogP contribution in [-0.2, 0) is 4.79 Å². The van der Waals surface area contributed by atoms with E-state index in [2.05, 4.69) is 5.32 Å². The fourth-order valence-electron chi connectivity index (χ4n) is 4.27. The van der Waals surface area contributed by atoms with E-state index in [0.29, 0.717) is 48.4 Å². The summed E-state index contributed by atoms with van der Waals surface area (Å²) in [6.45, 7) is 2.45. The number of carbonyl (C=O) groups excluding carboxylic acids is 4. The summed E-state index contributed by atoms with van der Waals surface area (Å²) >= 11 is 0. The van der Waals surface area contributed by atoms with Crippen molar-refractivity contribution in [2.45, 2.75) is 31.8 Å². The maximum atomic E-state index is 13.0. The number of nitrogens with zero attached hydrogens (tertiary/aromatic N) is 2. The molecule has 0 saturated carbocycles. The number of imide groups is 1. The van der Waals surface area contributed by atoms with Crippen LogP contribution in [0.4, 0.5) is 0 Å². The zero-order valence-electron chi connectivity index (χ0n) is 18.0. The lowest BCUT2D eigenvalue weighted by molar-refractivity contribution is -0.136. The summed E-state index contributed by atoms with van der Waals surface area (Å²) in [6, 6.07) is 12.6. The lowest BCUT2D eigenvalue weighted by atomic mass is 10.0. The molecule has 166 valence electrons. The molecule has 4 amide bonds. The Hall–Kier alpha value is -3.68. The number of ether oxygens (including phenoxy) is 1.